The van der Waals surface area contributed by atoms with Crippen LogP contribution < -0.4 is 11.1 Å². The Morgan fingerprint density at radius 1 is 1.40 bits per heavy atom. The predicted molar refractivity (Wildman–Crippen MR) is 90.0 cm³/mol. The first-order valence-electron chi connectivity index (χ1n) is 6.19. The summed E-state index contributed by atoms with van der Waals surface area (Å²) < 4.78 is 1.23. The summed E-state index contributed by atoms with van der Waals surface area (Å²) in [7, 11) is 1.78. The number of thiophene rings is 1. The van der Waals surface area contributed by atoms with Crippen molar-refractivity contribution >= 4 is 45.6 Å². The first kappa shape index (κ1) is 13.8. The van der Waals surface area contributed by atoms with Crippen molar-refractivity contribution in [2.24, 2.45) is 5.73 Å². The van der Waals surface area contributed by atoms with Crippen molar-refractivity contribution in [3.05, 3.63) is 49.2 Å². The molecule has 2 amide bonds. The molecule has 6 heteroatoms. The van der Waals surface area contributed by atoms with E-state index in [2.05, 4.69) is 45.4 Å². The molecule has 2 aromatic rings. The molecule has 2 heterocycles. The molecule has 1 aromatic carbocycles. The molecule has 1 atom stereocenters. The van der Waals surface area contributed by atoms with Crippen LogP contribution in [-0.4, -0.2) is 18.0 Å². The third-order valence-corrected chi connectivity index (χ3v) is 5.24. The SMILES string of the molecule is CN1Cc2cc(C(N)c3csc(I)c3)ccc2NC1=O. The molecule has 1 unspecified atom stereocenters. The Hall–Kier alpha value is -1.12. The average molecular weight is 399 g/mol. The average Bonchev–Trinajstić information content (AvgIpc) is 2.85. The number of nitrogens with zero attached hydrogens (tertiary/aromatic N) is 1. The van der Waals surface area contributed by atoms with E-state index in [1.165, 1.54) is 2.88 Å². The lowest BCUT2D eigenvalue weighted by Crippen LogP contribution is -2.35. The molecular formula is C14H14IN3OS. The van der Waals surface area contributed by atoms with Crippen LogP contribution in [0.1, 0.15) is 22.7 Å². The van der Waals surface area contributed by atoms with Gasteiger partial charge in [-0.05, 0) is 56.8 Å². The highest BCUT2D eigenvalue weighted by molar-refractivity contribution is 14.1. The molecule has 20 heavy (non-hydrogen) atoms. The summed E-state index contributed by atoms with van der Waals surface area (Å²) in [6.07, 6.45) is 0. The van der Waals surface area contributed by atoms with Gasteiger partial charge in [0.25, 0.3) is 0 Å². The van der Waals surface area contributed by atoms with Gasteiger partial charge in [-0.15, -0.1) is 11.3 Å². The molecule has 1 aliphatic heterocycles. The molecule has 1 aliphatic rings. The van der Waals surface area contributed by atoms with Gasteiger partial charge < -0.3 is 16.0 Å². The van der Waals surface area contributed by atoms with Crippen LogP contribution in [-0.2, 0) is 6.54 Å². The van der Waals surface area contributed by atoms with Gasteiger partial charge in [0.15, 0.2) is 0 Å². The van der Waals surface area contributed by atoms with Crippen molar-refractivity contribution < 1.29 is 4.79 Å². The number of benzene rings is 1. The van der Waals surface area contributed by atoms with Gasteiger partial charge in [0.1, 0.15) is 0 Å². The van der Waals surface area contributed by atoms with E-state index < -0.39 is 0 Å². The summed E-state index contributed by atoms with van der Waals surface area (Å²) in [5, 5.41) is 4.96. The van der Waals surface area contributed by atoms with E-state index in [1.807, 2.05) is 12.1 Å². The topological polar surface area (TPSA) is 58.4 Å². The van der Waals surface area contributed by atoms with Gasteiger partial charge in [0, 0.05) is 19.3 Å². The molecule has 4 nitrogen and oxygen atoms in total. The minimum absolute atomic E-state index is 0.0677. The lowest BCUT2D eigenvalue weighted by atomic mass is 9.98. The first-order chi connectivity index (χ1) is 9.54. The number of halogens is 1. The van der Waals surface area contributed by atoms with Crippen LogP contribution in [0.25, 0.3) is 0 Å². The van der Waals surface area contributed by atoms with Crippen LogP contribution in [0.2, 0.25) is 0 Å². The summed E-state index contributed by atoms with van der Waals surface area (Å²) in [4.78, 5) is 13.2. The number of carbonyl (C=O) groups excluding carboxylic acids is 1. The Morgan fingerprint density at radius 2 is 2.20 bits per heavy atom. The van der Waals surface area contributed by atoms with Crippen molar-refractivity contribution in [1.29, 1.82) is 0 Å². The standard InChI is InChI=1S/C14H14IN3OS/c1-18-6-9-4-8(2-3-11(9)17-14(18)19)13(16)10-5-12(15)20-7-10/h2-5,7,13H,6,16H2,1H3,(H,17,19). The number of urea groups is 1. The number of anilines is 1. The van der Waals surface area contributed by atoms with E-state index in [9.17, 15) is 4.79 Å². The normalized spacial score (nSPS) is 15.8. The second-order valence-electron chi connectivity index (χ2n) is 4.86. The fourth-order valence-electron chi connectivity index (χ4n) is 2.28. The third kappa shape index (κ3) is 2.55. The number of hydrogen-bond donors (Lipinski definition) is 2. The van der Waals surface area contributed by atoms with Crippen LogP contribution in [0.4, 0.5) is 10.5 Å². The summed E-state index contributed by atoms with van der Waals surface area (Å²) in [5.41, 5.74) is 10.5. The van der Waals surface area contributed by atoms with Crippen molar-refractivity contribution in [2.45, 2.75) is 12.6 Å². The van der Waals surface area contributed by atoms with Crippen molar-refractivity contribution in [1.82, 2.24) is 4.90 Å². The highest BCUT2D eigenvalue weighted by Gasteiger charge is 2.20. The Kier molecular flexibility index (Phi) is 3.70. The van der Waals surface area contributed by atoms with Gasteiger partial charge in [0.05, 0.1) is 8.93 Å². The van der Waals surface area contributed by atoms with Crippen molar-refractivity contribution in [2.75, 3.05) is 12.4 Å². The van der Waals surface area contributed by atoms with Crippen LogP contribution >= 0.6 is 33.9 Å². The van der Waals surface area contributed by atoms with Crippen LogP contribution in [0.3, 0.4) is 0 Å². The second-order valence-corrected chi connectivity index (χ2v) is 7.67. The van der Waals surface area contributed by atoms with Crippen molar-refractivity contribution in [3.8, 4) is 0 Å². The first-order valence-corrected chi connectivity index (χ1v) is 8.15. The molecule has 3 N–H and O–H groups in total. The van der Waals surface area contributed by atoms with E-state index in [0.29, 0.717) is 6.54 Å². The summed E-state index contributed by atoms with van der Waals surface area (Å²) in [5.74, 6) is 0. The van der Waals surface area contributed by atoms with Gasteiger partial charge in [-0.3, -0.25) is 0 Å². The van der Waals surface area contributed by atoms with E-state index in [-0.39, 0.29) is 12.1 Å². The summed E-state index contributed by atoms with van der Waals surface area (Å²) >= 11 is 4.00. The number of hydrogen-bond acceptors (Lipinski definition) is 3. The van der Waals surface area contributed by atoms with Gasteiger partial charge in [-0.1, -0.05) is 12.1 Å². The third-order valence-electron chi connectivity index (χ3n) is 3.43. The Bertz CT molecular complexity index is 670. The maximum absolute atomic E-state index is 11.6. The number of nitrogens with two attached hydrogens (primary N) is 1. The quantitative estimate of drug-likeness (QED) is 0.761. The molecule has 0 fully saturated rings. The van der Waals surface area contributed by atoms with E-state index >= 15 is 0 Å². The number of amides is 2. The van der Waals surface area contributed by atoms with Crippen LogP contribution in [0.15, 0.2) is 29.6 Å². The summed E-state index contributed by atoms with van der Waals surface area (Å²) in [6, 6.07) is 7.93. The van der Waals surface area contributed by atoms with E-state index in [1.54, 1.807) is 23.3 Å². The molecule has 3 rings (SSSR count). The number of fused-ring (bicyclic) bond motifs is 1. The van der Waals surface area contributed by atoms with E-state index in [4.69, 9.17) is 5.73 Å². The maximum Gasteiger partial charge on any atom is 0.321 e. The molecule has 104 valence electrons. The predicted octanol–water partition coefficient (Wildman–Crippen LogP) is 3.38. The molecule has 0 bridgehead atoms. The minimum atomic E-state index is -0.122. The molecule has 0 aliphatic carbocycles. The maximum atomic E-state index is 11.6. The fraction of sp³-hybridized carbons (Fsp3) is 0.214. The lowest BCUT2D eigenvalue weighted by molar-refractivity contribution is 0.218. The monoisotopic (exact) mass is 399 g/mol. The Labute approximate surface area is 135 Å². The lowest BCUT2D eigenvalue weighted by Gasteiger charge is -2.26. The van der Waals surface area contributed by atoms with Gasteiger partial charge in [-0.25, -0.2) is 4.79 Å². The number of rotatable bonds is 2. The molecule has 0 radical (unpaired) electrons. The second kappa shape index (κ2) is 5.34. The van der Waals surface area contributed by atoms with Crippen LogP contribution in [0, 0.1) is 2.88 Å². The fourth-order valence-corrected chi connectivity index (χ4v) is 3.69. The largest absolute Gasteiger partial charge is 0.323 e. The van der Waals surface area contributed by atoms with Crippen LogP contribution in [0.5, 0.6) is 0 Å². The zero-order valence-electron chi connectivity index (χ0n) is 10.9. The van der Waals surface area contributed by atoms with Gasteiger partial charge in [-0.2, -0.15) is 0 Å². The minimum Gasteiger partial charge on any atom is -0.323 e. The molecular weight excluding hydrogens is 385 g/mol. The van der Waals surface area contributed by atoms with Gasteiger partial charge >= 0.3 is 6.03 Å². The Balaban J connectivity index is 1.92. The van der Waals surface area contributed by atoms with E-state index in [0.717, 1.165) is 22.4 Å². The number of carbonyl (C=O) groups is 1. The summed E-state index contributed by atoms with van der Waals surface area (Å²) in [6.45, 7) is 0.614. The smallest absolute Gasteiger partial charge is 0.321 e. The molecule has 1 aromatic heterocycles. The number of nitrogens with one attached hydrogen (secondary N) is 1. The highest BCUT2D eigenvalue weighted by Crippen LogP contribution is 2.30. The zero-order chi connectivity index (χ0) is 14.3. The highest BCUT2D eigenvalue weighted by atomic mass is 127. The molecule has 0 spiro atoms. The molecule has 0 saturated carbocycles. The zero-order valence-corrected chi connectivity index (χ0v) is 13.9. The van der Waals surface area contributed by atoms with Crippen molar-refractivity contribution in [3.63, 3.8) is 0 Å². The Morgan fingerprint density at radius 3 is 2.90 bits per heavy atom. The molecule has 0 saturated heterocycles. The van der Waals surface area contributed by atoms with Gasteiger partial charge in [0.2, 0.25) is 0 Å².